The minimum atomic E-state index is -0.756. The van der Waals surface area contributed by atoms with Crippen LogP contribution in [0.2, 0.25) is 0 Å². The van der Waals surface area contributed by atoms with E-state index in [-0.39, 0.29) is 5.78 Å². The molecule has 0 aromatic heterocycles. The van der Waals surface area contributed by atoms with Gasteiger partial charge in [-0.1, -0.05) is 0 Å². The Labute approximate surface area is 84.4 Å². The summed E-state index contributed by atoms with van der Waals surface area (Å²) < 4.78 is 5.02. The molecular formula is C11H15NO2. The Hall–Kier alpha value is -1.30. The Morgan fingerprint density at radius 3 is 3.00 bits per heavy atom. The summed E-state index contributed by atoms with van der Waals surface area (Å²) in [5.41, 5.74) is -0.756. The van der Waals surface area contributed by atoms with Crippen molar-refractivity contribution in [3.63, 3.8) is 0 Å². The van der Waals surface area contributed by atoms with Crippen molar-refractivity contribution in [3.8, 4) is 6.07 Å². The molecule has 0 radical (unpaired) electrons. The highest BCUT2D eigenvalue weighted by atomic mass is 16.5. The van der Waals surface area contributed by atoms with Gasteiger partial charge in [0.25, 0.3) is 0 Å². The smallest absolute Gasteiger partial charge is 0.153 e. The van der Waals surface area contributed by atoms with Gasteiger partial charge in [0.1, 0.15) is 5.41 Å². The molecule has 0 bridgehead atoms. The molecule has 1 unspecified atom stereocenters. The zero-order valence-corrected chi connectivity index (χ0v) is 8.45. The molecule has 14 heavy (non-hydrogen) atoms. The summed E-state index contributed by atoms with van der Waals surface area (Å²) in [4.78, 5) is 11.5. The van der Waals surface area contributed by atoms with Gasteiger partial charge in [-0.15, -0.1) is 0 Å². The van der Waals surface area contributed by atoms with E-state index < -0.39 is 5.41 Å². The van der Waals surface area contributed by atoms with E-state index in [9.17, 15) is 4.79 Å². The van der Waals surface area contributed by atoms with E-state index in [1.54, 1.807) is 12.3 Å². The normalized spacial score (nSPS) is 26.7. The van der Waals surface area contributed by atoms with Gasteiger partial charge < -0.3 is 4.74 Å². The zero-order chi connectivity index (χ0) is 10.4. The van der Waals surface area contributed by atoms with Crippen LogP contribution in [-0.2, 0) is 9.53 Å². The maximum Gasteiger partial charge on any atom is 0.153 e. The van der Waals surface area contributed by atoms with Crippen molar-refractivity contribution < 1.29 is 9.53 Å². The number of rotatable bonds is 4. The van der Waals surface area contributed by atoms with E-state index >= 15 is 0 Å². The number of hydrogen-bond donors (Lipinski definition) is 0. The van der Waals surface area contributed by atoms with E-state index in [1.807, 2.05) is 6.92 Å². The quantitative estimate of drug-likeness (QED) is 0.643. The topological polar surface area (TPSA) is 50.1 Å². The number of hydrogen-bond acceptors (Lipinski definition) is 3. The number of ketones is 1. The van der Waals surface area contributed by atoms with Crippen molar-refractivity contribution in [2.75, 3.05) is 6.61 Å². The second kappa shape index (κ2) is 4.80. The molecule has 0 heterocycles. The van der Waals surface area contributed by atoms with E-state index in [1.165, 1.54) is 0 Å². The number of Topliss-reactive ketones (excluding diaryl/α,β-unsaturated/α-hetero) is 1. The van der Waals surface area contributed by atoms with Crippen molar-refractivity contribution in [3.05, 3.63) is 12.3 Å². The van der Waals surface area contributed by atoms with Crippen LogP contribution in [0.4, 0.5) is 0 Å². The van der Waals surface area contributed by atoms with Gasteiger partial charge in [0, 0.05) is 6.42 Å². The number of ether oxygens (including phenoxy) is 1. The molecular weight excluding hydrogens is 178 g/mol. The highest BCUT2D eigenvalue weighted by Crippen LogP contribution is 2.37. The third-order valence-electron chi connectivity index (χ3n) is 2.58. The Kier molecular flexibility index (Phi) is 3.70. The number of allylic oxidation sites excluding steroid dienone is 1. The molecule has 1 atom stereocenters. The summed E-state index contributed by atoms with van der Waals surface area (Å²) in [6.45, 7) is 2.51. The standard InChI is InChI=1S/C11H15NO2/c1-2-14-8-4-7-11(9-12)6-3-5-10(11)13/h4,8H,2-3,5-7H2,1H3/b8-4+. The van der Waals surface area contributed by atoms with E-state index in [2.05, 4.69) is 6.07 Å². The molecule has 0 spiro atoms. The second-order valence-corrected chi connectivity index (χ2v) is 3.50. The minimum Gasteiger partial charge on any atom is -0.502 e. The van der Waals surface area contributed by atoms with Crippen LogP contribution >= 0.6 is 0 Å². The zero-order valence-electron chi connectivity index (χ0n) is 8.45. The summed E-state index contributed by atoms with van der Waals surface area (Å²) in [6, 6.07) is 2.15. The van der Waals surface area contributed by atoms with Crippen LogP contribution in [0.25, 0.3) is 0 Å². The number of carbonyl (C=O) groups excluding carboxylic acids is 1. The lowest BCUT2D eigenvalue weighted by Gasteiger charge is -2.15. The molecule has 1 rings (SSSR count). The first-order valence-corrected chi connectivity index (χ1v) is 4.96. The lowest BCUT2D eigenvalue weighted by atomic mass is 9.83. The summed E-state index contributed by atoms with van der Waals surface area (Å²) in [7, 11) is 0. The molecule has 1 aliphatic carbocycles. The molecule has 1 aliphatic rings. The highest BCUT2D eigenvalue weighted by molar-refractivity contribution is 5.89. The van der Waals surface area contributed by atoms with E-state index in [0.29, 0.717) is 25.9 Å². The van der Waals surface area contributed by atoms with Crippen LogP contribution in [0.5, 0.6) is 0 Å². The fourth-order valence-corrected chi connectivity index (χ4v) is 1.72. The second-order valence-electron chi connectivity index (χ2n) is 3.50. The SMILES string of the molecule is CCO/C=C/CC1(C#N)CCCC1=O. The lowest BCUT2D eigenvalue weighted by molar-refractivity contribution is -0.123. The van der Waals surface area contributed by atoms with Crippen molar-refractivity contribution in [1.29, 1.82) is 5.26 Å². The van der Waals surface area contributed by atoms with Crippen molar-refractivity contribution in [1.82, 2.24) is 0 Å². The number of nitriles is 1. The van der Waals surface area contributed by atoms with Crippen molar-refractivity contribution in [2.45, 2.75) is 32.6 Å². The first kappa shape index (κ1) is 10.8. The molecule has 3 heteroatoms. The van der Waals surface area contributed by atoms with Gasteiger partial charge in [-0.25, -0.2) is 0 Å². The fourth-order valence-electron chi connectivity index (χ4n) is 1.72. The first-order valence-electron chi connectivity index (χ1n) is 4.96. The summed E-state index contributed by atoms with van der Waals surface area (Å²) in [5, 5.41) is 9.00. The van der Waals surface area contributed by atoms with Gasteiger partial charge >= 0.3 is 0 Å². The van der Waals surface area contributed by atoms with Crippen LogP contribution in [0.3, 0.4) is 0 Å². The van der Waals surface area contributed by atoms with Gasteiger partial charge in [0.05, 0.1) is 18.9 Å². The molecule has 0 aromatic carbocycles. The first-order chi connectivity index (χ1) is 6.75. The maximum atomic E-state index is 11.5. The summed E-state index contributed by atoms with van der Waals surface area (Å²) in [5.74, 6) is 0.0844. The van der Waals surface area contributed by atoms with Crippen LogP contribution < -0.4 is 0 Å². The third-order valence-corrected chi connectivity index (χ3v) is 2.58. The van der Waals surface area contributed by atoms with Crippen molar-refractivity contribution in [2.24, 2.45) is 5.41 Å². The summed E-state index contributed by atoms with van der Waals surface area (Å²) >= 11 is 0. The van der Waals surface area contributed by atoms with Crippen LogP contribution in [-0.4, -0.2) is 12.4 Å². The van der Waals surface area contributed by atoms with E-state index in [0.717, 1.165) is 6.42 Å². The number of carbonyl (C=O) groups is 1. The molecule has 0 amide bonds. The minimum absolute atomic E-state index is 0.0844. The van der Waals surface area contributed by atoms with Gasteiger partial charge in [-0.05, 0) is 32.3 Å². The average molecular weight is 193 g/mol. The molecule has 0 aromatic rings. The summed E-state index contributed by atoms with van der Waals surface area (Å²) in [6.07, 6.45) is 5.92. The average Bonchev–Trinajstić information content (AvgIpc) is 2.56. The Morgan fingerprint density at radius 1 is 1.71 bits per heavy atom. The molecule has 1 saturated carbocycles. The largest absolute Gasteiger partial charge is 0.502 e. The van der Waals surface area contributed by atoms with Gasteiger partial charge in [-0.2, -0.15) is 5.26 Å². The predicted molar refractivity (Wildman–Crippen MR) is 52.3 cm³/mol. The highest BCUT2D eigenvalue weighted by Gasteiger charge is 2.41. The molecule has 0 N–H and O–H groups in total. The van der Waals surface area contributed by atoms with Gasteiger partial charge in [0.15, 0.2) is 5.78 Å². The lowest BCUT2D eigenvalue weighted by Crippen LogP contribution is -2.22. The van der Waals surface area contributed by atoms with Crippen molar-refractivity contribution >= 4 is 5.78 Å². The van der Waals surface area contributed by atoms with Crippen LogP contribution in [0.1, 0.15) is 32.6 Å². The Morgan fingerprint density at radius 2 is 2.50 bits per heavy atom. The monoisotopic (exact) mass is 193 g/mol. The maximum absolute atomic E-state index is 11.5. The molecule has 0 aliphatic heterocycles. The fraction of sp³-hybridized carbons (Fsp3) is 0.636. The molecule has 0 saturated heterocycles. The van der Waals surface area contributed by atoms with E-state index in [4.69, 9.17) is 10.00 Å². The third kappa shape index (κ3) is 2.14. The Balaban J connectivity index is 2.55. The van der Waals surface area contributed by atoms with Crippen LogP contribution in [0.15, 0.2) is 12.3 Å². The Bertz CT molecular complexity index is 278. The number of nitrogens with zero attached hydrogens (tertiary/aromatic N) is 1. The molecule has 1 fully saturated rings. The molecule has 76 valence electrons. The predicted octanol–water partition coefficient (Wildman–Crippen LogP) is 2.19. The van der Waals surface area contributed by atoms with Gasteiger partial charge in [0.2, 0.25) is 0 Å². The molecule has 3 nitrogen and oxygen atoms in total. The van der Waals surface area contributed by atoms with Gasteiger partial charge in [-0.3, -0.25) is 4.79 Å². The van der Waals surface area contributed by atoms with Crippen LogP contribution in [0, 0.1) is 16.7 Å².